The van der Waals surface area contributed by atoms with Gasteiger partial charge in [0.1, 0.15) is 0 Å². The van der Waals surface area contributed by atoms with Crippen LogP contribution in [0.2, 0.25) is 0 Å². The Balaban J connectivity index is 0.000000167. The van der Waals surface area contributed by atoms with E-state index in [0.29, 0.717) is 0 Å². The summed E-state index contributed by atoms with van der Waals surface area (Å²) in [6.45, 7) is 5.00. The van der Waals surface area contributed by atoms with Crippen molar-refractivity contribution in [1.29, 1.82) is 0 Å². The minimum absolute atomic E-state index is 0. The molecule has 0 spiro atoms. The second-order valence-electron chi connectivity index (χ2n) is 2.91. The monoisotopic (exact) mass is 262 g/mol. The molecule has 2 N–H and O–H groups in total. The van der Waals surface area contributed by atoms with Gasteiger partial charge in [0.05, 0.1) is 0 Å². The number of nitrogens with one attached hydrogen (secondary N) is 2. The molecule has 0 unspecified atom stereocenters. The van der Waals surface area contributed by atoms with Crippen LogP contribution in [0, 0.1) is 0 Å². The van der Waals surface area contributed by atoms with Gasteiger partial charge in [0.25, 0.3) is 0 Å². The van der Waals surface area contributed by atoms with Crippen molar-refractivity contribution in [3.63, 3.8) is 0 Å². The maximum Gasteiger partial charge on any atom is 0 e. The van der Waals surface area contributed by atoms with Crippen LogP contribution in [-0.4, -0.2) is 50.1 Å². The van der Waals surface area contributed by atoms with Crippen LogP contribution in [0.25, 0.3) is 0 Å². The zero-order valence-corrected chi connectivity index (χ0v) is 10.0. The minimum atomic E-state index is 0. The van der Waals surface area contributed by atoms with E-state index in [1.165, 1.54) is 51.9 Å². The second kappa shape index (κ2) is 8.81. The van der Waals surface area contributed by atoms with Gasteiger partial charge in [0.2, 0.25) is 0 Å². The summed E-state index contributed by atoms with van der Waals surface area (Å²) < 4.78 is 0. The zero-order valence-electron chi connectivity index (χ0n) is 7.16. The number of rotatable bonds is 0. The molecule has 2 rings (SSSR count). The fourth-order valence-electron chi connectivity index (χ4n) is 1.25. The molecule has 11 heavy (non-hydrogen) atoms. The van der Waals surface area contributed by atoms with E-state index in [2.05, 4.69) is 10.6 Å². The van der Waals surface area contributed by atoms with E-state index in [0.717, 1.165) is 0 Å². The van der Waals surface area contributed by atoms with Crippen molar-refractivity contribution in [1.82, 2.24) is 10.6 Å². The molecule has 0 saturated carbocycles. The Labute approximate surface area is 86.5 Å². The third-order valence-electron chi connectivity index (χ3n) is 1.91. The van der Waals surface area contributed by atoms with Crippen molar-refractivity contribution in [2.75, 3.05) is 26.2 Å². The van der Waals surface area contributed by atoms with Crippen LogP contribution in [0.3, 0.4) is 0 Å². The topological polar surface area (TPSA) is 24.1 Å². The van der Waals surface area contributed by atoms with Crippen LogP contribution in [0.4, 0.5) is 0 Å². The predicted molar refractivity (Wildman–Crippen MR) is 50.0 cm³/mol. The Morgan fingerprint density at radius 3 is 0.909 bits per heavy atom. The Hall–Kier alpha value is 0.719. The smallest absolute Gasteiger partial charge is 0 e. The molecule has 2 aliphatic rings. The van der Waals surface area contributed by atoms with Gasteiger partial charge in [-0.15, -0.1) is 0 Å². The molecule has 2 fully saturated rings. The summed E-state index contributed by atoms with van der Waals surface area (Å²) in [6.07, 6.45) is 5.56. The van der Waals surface area contributed by atoms with Gasteiger partial charge in [0, 0.05) is 23.9 Å². The van der Waals surface area contributed by atoms with E-state index in [1.807, 2.05) is 0 Å². The summed E-state index contributed by atoms with van der Waals surface area (Å²) in [5.41, 5.74) is 0. The molecule has 0 aromatic carbocycles. The first kappa shape index (κ1) is 11.7. The normalized spacial score (nSPS) is 21.8. The molecule has 0 aromatic rings. The van der Waals surface area contributed by atoms with Gasteiger partial charge < -0.3 is 10.6 Å². The third kappa shape index (κ3) is 7.09. The quantitative estimate of drug-likeness (QED) is 0.615. The van der Waals surface area contributed by atoms with Crippen molar-refractivity contribution in [3.05, 3.63) is 0 Å². The van der Waals surface area contributed by atoms with E-state index in [1.54, 1.807) is 0 Å². The molecule has 2 saturated heterocycles. The zero-order chi connectivity index (χ0) is 7.07. The number of hydrogen-bond acceptors (Lipinski definition) is 2. The fraction of sp³-hybridized carbons (Fsp3) is 1.00. The van der Waals surface area contributed by atoms with Gasteiger partial charge in [-0.1, -0.05) is 0 Å². The summed E-state index contributed by atoms with van der Waals surface area (Å²) in [7, 11) is 0. The fourth-order valence-corrected chi connectivity index (χ4v) is 1.25. The summed E-state index contributed by atoms with van der Waals surface area (Å²) in [5, 5.41) is 6.44. The maximum atomic E-state index is 3.22. The minimum Gasteiger partial charge on any atom is -0.317 e. The van der Waals surface area contributed by atoms with Crippen molar-refractivity contribution < 1.29 is 0 Å². The standard InChI is InChI=1S/2C4H9N.Sn/c2*1-2-4-5-3-1;/h2*5H,1-4H2;. The van der Waals surface area contributed by atoms with E-state index in [-0.39, 0.29) is 23.9 Å². The van der Waals surface area contributed by atoms with Gasteiger partial charge in [-0.05, 0) is 51.9 Å². The molecular weight excluding hydrogens is 243 g/mol. The maximum absolute atomic E-state index is 3.22. The van der Waals surface area contributed by atoms with E-state index >= 15 is 0 Å². The molecule has 3 heteroatoms. The summed E-state index contributed by atoms with van der Waals surface area (Å²) in [6, 6.07) is 0. The molecule has 2 nitrogen and oxygen atoms in total. The first-order valence-electron chi connectivity index (χ1n) is 4.41. The van der Waals surface area contributed by atoms with Crippen LogP contribution in [-0.2, 0) is 0 Å². The summed E-state index contributed by atoms with van der Waals surface area (Å²) >= 11 is 0. The first-order valence-corrected chi connectivity index (χ1v) is 4.41. The second-order valence-corrected chi connectivity index (χ2v) is 2.91. The van der Waals surface area contributed by atoms with Gasteiger partial charge >= 0.3 is 0 Å². The van der Waals surface area contributed by atoms with E-state index in [9.17, 15) is 0 Å². The first-order chi connectivity index (χ1) is 5.00. The van der Waals surface area contributed by atoms with Gasteiger partial charge in [-0.2, -0.15) is 0 Å². The van der Waals surface area contributed by atoms with Gasteiger partial charge in [-0.25, -0.2) is 0 Å². The predicted octanol–water partition coefficient (Wildman–Crippen LogP) is 0.359. The summed E-state index contributed by atoms with van der Waals surface area (Å²) in [4.78, 5) is 0. The molecule has 0 amide bonds. The Morgan fingerprint density at radius 2 is 0.818 bits per heavy atom. The van der Waals surface area contributed by atoms with Gasteiger partial charge in [-0.3, -0.25) is 0 Å². The van der Waals surface area contributed by atoms with Gasteiger partial charge in [0.15, 0.2) is 0 Å². The van der Waals surface area contributed by atoms with Crippen molar-refractivity contribution >= 4 is 23.9 Å². The Kier molecular flexibility index (Phi) is 9.39. The van der Waals surface area contributed by atoms with E-state index < -0.39 is 0 Å². The Bertz CT molecular complexity index is 45.3. The average Bonchev–Trinajstić information content (AvgIpc) is 2.67. The molecule has 0 aliphatic carbocycles. The molecule has 2 aliphatic heterocycles. The molecule has 0 atom stereocenters. The van der Waals surface area contributed by atoms with Crippen LogP contribution in [0.5, 0.6) is 0 Å². The molecule has 0 bridgehead atoms. The molecule has 0 aromatic heterocycles. The van der Waals surface area contributed by atoms with Crippen LogP contribution < -0.4 is 10.6 Å². The largest absolute Gasteiger partial charge is 0.317 e. The molecular formula is C8H18N2Sn. The Morgan fingerprint density at radius 1 is 0.545 bits per heavy atom. The SMILES string of the molecule is C1CCNC1.C1CCNC1.[Sn]. The van der Waals surface area contributed by atoms with Crippen LogP contribution in [0.1, 0.15) is 25.7 Å². The van der Waals surface area contributed by atoms with Crippen molar-refractivity contribution in [2.45, 2.75) is 25.7 Å². The van der Waals surface area contributed by atoms with Crippen molar-refractivity contribution in [3.8, 4) is 0 Å². The summed E-state index contributed by atoms with van der Waals surface area (Å²) in [5.74, 6) is 0. The van der Waals surface area contributed by atoms with Crippen LogP contribution >= 0.6 is 0 Å². The average molecular weight is 261 g/mol. The van der Waals surface area contributed by atoms with Crippen LogP contribution in [0.15, 0.2) is 0 Å². The molecule has 4 radical (unpaired) electrons. The third-order valence-corrected chi connectivity index (χ3v) is 1.91. The number of hydrogen-bond donors (Lipinski definition) is 2. The van der Waals surface area contributed by atoms with Crippen molar-refractivity contribution in [2.24, 2.45) is 0 Å². The molecule has 2 heterocycles. The molecule has 64 valence electrons. The van der Waals surface area contributed by atoms with E-state index in [4.69, 9.17) is 0 Å².